The van der Waals surface area contributed by atoms with Gasteiger partial charge in [-0.1, -0.05) is 12.1 Å². The van der Waals surface area contributed by atoms with Crippen molar-refractivity contribution in [3.05, 3.63) is 59.9 Å². The molecule has 0 heterocycles. The van der Waals surface area contributed by atoms with Gasteiger partial charge in [0, 0.05) is 13.1 Å². The Bertz CT molecular complexity index is 715. The third-order valence-corrected chi connectivity index (χ3v) is 5.02. The minimum absolute atomic E-state index is 0.177. The fraction of sp³-hybridized carbons (Fsp3) is 0.200. The number of halogens is 1. The van der Waals surface area contributed by atoms with E-state index in [4.69, 9.17) is 5.73 Å². The monoisotopic (exact) mass is 308 g/mol. The second-order valence-electron chi connectivity index (χ2n) is 4.50. The van der Waals surface area contributed by atoms with E-state index in [2.05, 4.69) is 0 Å². The second-order valence-corrected chi connectivity index (χ2v) is 6.36. The molecule has 0 aliphatic rings. The molecule has 2 N–H and O–H groups in total. The molecule has 0 aliphatic carbocycles. The van der Waals surface area contributed by atoms with Crippen LogP contribution < -0.4 is 10.0 Å². The standard InChI is InChI=1S/C15H17FN2O2S/c1-2-18(14-8-6-13(16)7-9-14)21(19,20)15-5-3-4-12(10-15)11-17/h3-10H,2,11,17H2,1H3. The first-order valence-corrected chi connectivity index (χ1v) is 8.00. The summed E-state index contributed by atoms with van der Waals surface area (Å²) in [5.41, 5.74) is 6.72. The van der Waals surface area contributed by atoms with E-state index >= 15 is 0 Å². The van der Waals surface area contributed by atoms with Crippen LogP contribution in [-0.2, 0) is 16.6 Å². The van der Waals surface area contributed by atoms with Crippen LogP contribution in [0.2, 0.25) is 0 Å². The summed E-state index contributed by atoms with van der Waals surface area (Å²) in [6.45, 7) is 2.25. The Kier molecular flexibility index (Phi) is 4.59. The van der Waals surface area contributed by atoms with E-state index in [9.17, 15) is 12.8 Å². The first-order chi connectivity index (χ1) is 9.98. The Hall–Kier alpha value is -1.92. The number of hydrogen-bond donors (Lipinski definition) is 1. The molecule has 0 fully saturated rings. The SMILES string of the molecule is CCN(c1ccc(F)cc1)S(=O)(=O)c1cccc(CN)c1. The number of nitrogens with two attached hydrogens (primary N) is 1. The van der Waals surface area contributed by atoms with Crippen LogP contribution in [-0.4, -0.2) is 15.0 Å². The summed E-state index contributed by atoms with van der Waals surface area (Å²) in [7, 11) is -3.69. The van der Waals surface area contributed by atoms with Gasteiger partial charge in [-0.15, -0.1) is 0 Å². The third-order valence-electron chi connectivity index (χ3n) is 3.12. The molecule has 0 aromatic heterocycles. The number of benzene rings is 2. The average Bonchev–Trinajstić information content (AvgIpc) is 2.50. The Morgan fingerprint density at radius 2 is 1.81 bits per heavy atom. The van der Waals surface area contributed by atoms with Crippen molar-refractivity contribution in [3.8, 4) is 0 Å². The predicted octanol–water partition coefficient (Wildman–Crippen LogP) is 2.50. The number of anilines is 1. The van der Waals surface area contributed by atoms with Crippen molar-refractivity contribution in [2.24, 2.45) is 5.73 Å². The molecular weight excluding hydrogens is 291 g/mol. The fourth-order valence-electron chi connectivity index (χ4n) is 2.06. The average molecular weight is 308 g/mol. The lowest BCUT2D eigenvalue weighted by molar-refractivity contribution is 0.591. The predicted molar refractivity (Wildman–Crippen MR) is 80.9 cm³/mol. The van der Waals surface area contributed by atoms with Crippen LogP contribution in [0.25, 0.3) is 0 Å². The molecule has 6 heteroatoms. The van der Waals surface area contributed by atoms with Crippen LogP contribution in [0, 0.1) is 5.82 Å². The maximum atomic E-state index is 13.0. The fourth-order valence-corrected chi connectivity index (χ4v) is 3.60. The molecule has 0 amide bonds. The lowest BCUT2D eigenvalue weighted by Crippen LogP contribution is -2.30. The smallest absolute Gasteiger partial charge is 0.264 e. The molecule has 2 aromatic carbocycles. The van der Waals surface area contributed by atoms with Gasteiger partial charge >= 0.3 is 0 Å². The summed E-state index contributed by atoms with van der Waals surface area (Å²) in [5.74, 6) is -0.405. The van der Waals surface area contributed by atoms with Gasteiger partial charge in [-0.05, 0) is 48.9 Å². The Labute approximate surface area is 124 Å². The van der Waals surface area contributed by atoms with Crippen molar-refractivity contribution >= 4 is 15.7 Å². The molecule has 0 spiro atoms. The molecular formula is C15H17FN2O2S. The highest BCUT2D eigenvalue weighted by atomic mass is 32.2. The summed E-state index contributed by atoms with van der Waals surface area (Å²) < 4.78 is 39.6. The minimum Gasteiger partial charge on any atom is -0.326 e. The van der Waals surface area contributed by atoms with Crippen LogP contribution in [0.3, 0.4) is 0 Å². The van der Waals surface area contributed by atoms with Crippen LogP contribution in [0.15, 0.2) is 53.4 Å². The van der Waals surface area contributed by atoms with Crippen LogP contribution in [0.5, 0.6) is 0 Å². The van der Waals surface area contributed by atoms with E-state index in [0.29, 0.717) is 5.69 Å². The quantitative estimate of drug-likeness (QED) is 0.923. The van der Waals surface area contributed by atoms with Gasteiger partial charge in [-0.2, -0.15) is 0 Å². The van der Waals surface area contributed by atoms with Gasteiger partial charge in [0.05, 0.1) is 10.6 Å². The minimum atomic E-state index is -3.69. The second kappa shape index (κ2) is 6.24. The van der Waals surface area contributed by atoms with Crippen molar-refractivity contribution < 1.29 is 12.8 Å². The largest absolute Gasteiger partial charge is 0.326 e. The summed E-state index contributed by atoms with van der Waals surface area (Å²) in [4.78, 5) is 0.177. The molecule has 0 saturated carbocycles. The summed E-state index contributed by atoms with van der Waals surface area (Å²) in [6.07, 6.45) is 0. The molecule has 0 atom stereocenters. The number of sulfonamides is 1. The van der Waals surface area contributed by atoms with E-state index in [-0.39, 0.29) is 18.0 Å². The van der Waals surface area contributed by atoms with E-state index < -0.39 is 15.8 Å². The van der Waals surface area contributed by atoms with Crippen molar-refractivity contribution in [1.82, 2.24) is 0 Å². The van der Waals surface area contributed by atoms with Gasteiger partial charge in [0.25, 0.3) is 10.0 Å². The van der Waals surface area contributed by atoms with Crippen molar-refractivity contribution in [1.29, 1.82) is 0 Å². The van der Waals surface area contributed by atoms with E-state index in [1.807, 2.05) is 0 Å². The van der Waals surface area contributed by atoms with Crippen molar-refractivity contribution in [2.75, 3.05) is 10.8 Å². The maximum absolute atomic E-state index is 13.0. The highest BCUT2D eigenvalue weighted by molar-refractivity contribution is 7.92. The summed E-state index contributed by atoms with van der Waals surface area (Å²) in [6, 6.07) is 11.9. The number of nitrogens with zero attached hydrogens (tertiary/aromatic N) is 1. The normalized spacial score (nSPS) is 11.4. The summed E-state index contributed by atoms with van der Waals surface area (Å²) >= 11 is 0. The van der Waals surface area contributed by atoms with Gasteiger partial charge in [0.15, 0.2) is 0 Å². The first kappa shape index (κ1) is 15.5. The highest BCUT2D eigenvalue weighted by Crippen LogP contribution is 2.24. The van der Waals surface area contributed by atoms with Gasteiger partial charge in [-0.3, -0.25) is 4.31 Å². The Morgan fingerprint density at radius 1 is 1.14 bits per heavy atom. The highest BCUT2D eigenvalue weighted by Gasteiger charge is 2.23. The molecule has 0 bridgehead atoms. The molecule has 0 radical (unpaired) electrons. The Balaban J connectivity index is 2.46. The van der Waals surface area contributed by atoms with Gasteiger partial charge in [-0.25, -0.2) is 12.8 Å². The lowest BCUT2D eigenvalue weighted by atomic mass is 10.2. The zero-order valence-electron chi connectivity index (χ0n) is 11.7. The number of rotatable bonds is 5. The van der Waals surface area contributed by atoms with Gasteiger partial charge in [0.2, 0.25) is 0 Å². The molecule has 0 unspecified atom stereocenters. The molecule has 2 aromatic rings. The lowest BCUT2D eigenvalue weighted by Gasteiger charge is -2.23. The summed E-state index contributed by atoms with van der Waals surface area (Å²) in [5, 5.41) is 0. The number of hydrogen-bond acceptors (Lipinski definition) is 3. The van der Waals surface area contributed by atoms with Crippen molar-refractivity contribution in [2.45, 2.75) is 18.4 Å². The topological polar surface area (TPSA) is 63.4 Å². The first-order valence-electron chi connectivity index (χ1n) is 6.56. The van der Waals surface area contributed by atoms with Crippen molar-refractivity contribution in [3.63, 3.8) is 0 Å². The van der Waals surface area contributed by atoms with Gasteiger partial charge < -0.3 is 5.73 Å². The maximum Gasteiger partial charge on any atom is 0.264 e. The molecule has 0 aliphatic heterocycles. The van der Waals surface area contributed by atoms with Crippen LogP contribution in [0.4, 0.5) is 10.1 Å². The van der Waals surface area contributed by atoms with E-state index in [0.717, 1.165) is 5.56 Å². The molecule has 2 rings (SSSR count). The molecule has 0 saturated heterocycles. The Morgan fingerprint density at radius 3 is 2.38 bits per heavy atom. The third kappa shape index (κ3) is 3.22. The van der Waals surface area contributed by atoms with Gasteiger partial charge in [0.1, 0.15) is 5.82 Å². The van der Waals surface area contributed by atoms with E-state index in [1.54, 1.807) is 25.1 Å². The van der Waals surface area contributed by atoms with E-state index in [1.165, 1.54) is 34.6 Å². The zero-order valence-corrected chi connectivity index (χ0v) is 12.5. The van der Waals surface area contributed by atoms with Crippen LogP contribution in [0.1, 0.15) is 12.5 Å². The molecule has 112 valence electrons. The molecule has 4 nitrogen and oxygen atoms in total. The molecule has 21 heavy (non-hydrogen) atoms. The van der Waals surface area contributed by atoms with Crippen LogP contribution >= 0.6 is 0 Å². The zero-order chi connectivity index (χ0) is 15.5.